The molecular formula is C16H16N4O. The summed E-state index contributed by atoms with van der Waals surface area (Å²) in [5.74, 6) is -0.127. The van der Waals surface area contributed by atoms with Gasteiger partial charge in [-0.15, -0.1) is 0 Å². The molecule has 0 bridgehead atoms. The fraction of sp³-hybridized carbons (Fsp3) is 0.125. The van der Waals surface area contributed by atoms with Gasteiger partial charge >= 0.3 is 0 Å². The molecule has 5 nitrogen and oxygen atoms in total. The molecule has 0 radical (unpaired) electrons. The molecule has 21 heavy (non-hydrogen) atoms. The lowest BCUT2D eigenvalue weighted by molar-refractivity contribution is 0.102. The second-order valence-electron chi connectivity index (χ2n) is 4.82. The maximum Gasteiger partial charge on any atom is 0.255 e. The highest BCUT2D eigenvalue weighted by Gasteiger charge is 2.11. The summed E-state index contributed by atoms with van der Waals surface area (Å²) in [5.41, 5.74) is 8.84. The van der Waals surface area contributed by atoms with E-state index < -0.39 is 0 Å². The van der Waals surface area contributed by atoms with Crippen molar-refractivity contribution in [1.29, 1.82) is 0 Å². The fourth-order valence-electron chi connectivity index (χ4n) is 2.33. The van der Waals surface area contributed by atoms with E-state index in [4.69, 9.17) is 5.73 Å². The highest BCUT2D eigenvalue weighted by Crippen LogP contribution is 2.18. The number of nitrogens with zero attached hydrogens (tertiary/aromatic N) is 1. The Balaban J connectivity index is 1.85. The van der Waals surface area contributed by atoms with Crippen molar-refractivity contribution in [2.45, 2.75) is 6.42 Å². The van der Waals surface area contributed by atoms with E-state index in [2.05, 4.69) is 15.5 Å². The lowest BCUT2D eigenvalue weighted by Crippen LogP contribution is -2.15. The number of aromatic amines is 1. The second-order valence-corrected chi connectivity index (χ2v) is 4.82. The predicted molar refractivity (Wildman–Crippen MR) is 83.2 cm³/mol. The Labute approximate surface area is 122 Å². The topological polar surface area (TPSA) is 83.8 Å². The molecule has 106 valence electrons. The van der Waals surface area contributed by atoms with Gasteiger partial charge in [0.1, 0.15) is 0 Å². The van der Waals surface area contributed by atoms with Crippen molar-refractivity contribution >= 4 is 22.5 Å². The van der Waals surface area contributed by atoms with Crippen LogP contribution in [-0.2, 0) is 6.42 Å². The summed E-state index contributed by atoms with van der Waals surface area (Å²) in [7, 11) is 0. The summed E-state index contributed by atoms with van der Waals surface area (Å²) in [4.78, 5) is 12.4. The van der Waals surface area contributed by atoms with Crippen LogP contribution in [0.5, 0.6) is 0 Å². The molecule has 0 saturated carbocycles. The number of fused-ring (bicyclic) bond motifs is 1. The number of hydrogen-bond donors (Lipinski definition) is 3. The number of rotatable bonds is 4. The zero-order chi connectivity index (χ0) is 14.7. The molecule has 0 spiro atoms. The summed E-state index contributed by atoms with van der Waals surface area (Å²) >= 11 is 0. The Bertz CT molecular complexity index is 779. The summed E-state index contributed by atoms with van der Waals surface area (Å²) in [6, 6.07) is 13.2. The number of hydrogen-bond acceptors (Lipinski definition) is 3. The molecule has 0 saturated heterocycles. The number of benzene rings is 2. The second kappa shape index (κ2) is 5.76. The third kappa shape index (κ3) is 2.78. The van der Waals surface area contributed by atoms with Crippen LogP contribution in [0.1, 0.15) is 15.9 Å². The van der Waals surface area contributed by atoms with Crippen molar-refractivity contribution in [1.82, 2.24) is 10.2 Å². The van der Waals surface area contributed by atoms with Gasteiger partial charge in [0, 0.05) is 16.6 Å². The number of nitrogens with one attached hydrogen (secondary N) is 2. The van der Waals surface area contributed by atoms with E-state index in [1.165, 1.54) is 0 Å². The van der Waals surface area contributed by atoms with Crippen molar-refractivity contribution in [3.05, 3.63) is 59.8 Å². The van der Waals surface area contributed by atoms with Gasteiger partial charge in [-0.05, 0) is 42.8 Å². The van der Waals surface area contributed by atoms with E-state index >= 15 is 0 Å². The highest BCUT2D eigenvalue weighted by atomic mass is 16.1. The minimum absolute atomic E-state index is 0.127. The standard InChI is InChI=1S/C16H16N4O/c17-8-7-11-3-1-2-4-14(11)16(21)19-13-6-5-12-10-18-20-15(12)9-13/h1-6,9-10H,7-8,17H2,(H,18,20)(H,19,21). The van der Waals surface area contributed by atoms with Gasteiger partial charge in [0.2, 0.25) is 0 Å². The SMILES string of the molecule is NCCc1ccccc1C(=O)Nc1ccc2cn[nH]c2c1. The first kappa shape index (κ1) is 13.3. The average Bonchev–Trinajstić information content (AvgIpc) is 2.95. The summed E-state index contributed by atoms with van der Waals surface area (Å²) < 4.78 is 0. The van der Waals surface area contributed by atoms with Gasteiger partial charge in [-0.25, -0.2) is 0 Å². The number of H-pyrrole nitrogens is 1. The van der Waals surface area contributed by atoms with Crippen LogP contribution in [0.25, 0.3) is 10.9 Å². The monoisotopic (exact) mass is 280 g/mol. The molecule has 0 fully saturated rings. The number of amides is 1. The smallest absolute Gasteiger partial charge is 0.255 e. The van der Waals surface area contributed by atoms with Crippen LogP contribution >= 0.6 is 0 Å². The van der Waals surface area contributed by atoms with Crippen LogP contribution in [0.3, 0.4) is 0 Å². The predicted octanol–water partition coefficient (Wildman–Crippen LogP) is 2.32. The number of nitrogens with two attached hydrogens (primary N) is 1. The summed E-state index contributed by atoms with van der Waals surface area (Å²) in [6.45, 7) is 0.518. The van der Waals surface area contributed by atoms with Crippen LogP contribution < -0.4 is 11.1 Å². The summed E-state index contributed by atoms with van der Waals surface area (Å²) in [6.07, 6.45) is 2.43. The largest absolute Gasteiger partial charge is 0.330 e. The molecule has 1 heterocycles. The van der Waals surface area contributed by atoms with E-state index in [-0.39, 0.29) is 5.91 Å². The van der Waals surface area contributed by atoms with Gasteiger partial charge in [0.15, 0.2) is 0 Å². The molecule has 5 heteroatoms. The molecule has 3 aromatic rings. The van der Waals surface area contributed by atoms with Crippen LogP contribution in [0.4, 0.5) is 5.69 Å². The molecule has 4 N–H and O–H groups in total. The third-order valence-corrected chi connectivity index (χ3v) is 3.38. The first-order valence-electron chi connectivity index (χ1n) is 6.80. The summed E-state index contributed by atoms with van der Waals surface area (Å²) in [5, 5.41) is 10.8. The fourth-order valence-corrected chi connectivity index (χ4v) is 2.33. The van der Waals surface area contributed by atoms with Crippen LogP contribution in [-0.4, -0.2) is 22.6 Å². The third-order valence-electron chi connectivity index (χ3n) is 3.38. The highest BCUT2D eigenvalue weighted by molar-refractivity contribution is 6.06. The Morgan fingerprint density at radius 3 is 2.95 bits per heavy atom. The quantitative estimate of drug-likeness (QED) is 0.685. The average molecular weight is 280 g/mol. The van der Waals surface area contributed by atoms with E-state index in [9.17, 15) is 4.79 Å². The van der Waals surface area contributed by atoms with Crippen molar-refractivity contribution in [3.8, 4) is 0 Å². The van der Waals surface area contributed by atoms with E-state index in [1.54, 1.807) is 6.20 Å². The molecular weight excluding hydrogens is 264 g/mol. The first-order valence-corrected chi connectivity index (χ1v) is 6.80. The van der Waals surface area contributed by atoms with Crippen molar-refractivity contribution in [3.63, 3.8) is 0 Å². The molecule has 0 aliphatic rings. The van der Waals surface area contributed by atoms with E-state index in [1.807, 2.05) is 42.5 Å². The van der Waals surface area contributed by atoms with Gasteiger partial charge in [0.05, 0.1) is 11.7 Å². The van der Waals surface area contributed by atoms with Crippen LogP contribution in [0, 0.1) is 0 Å². The van der Waals surface area contributed by atoms with Crippen molar-refractivity contribution < 1.29 is 4.79 Å². The zero-order valence-electron chi connectivity index (χ0n) is 11.5. The minimum atomic E-state index is -0.127. The lowest BCUT2D eigenvalue weighted by Gasteiger charge is -2.09. The van der Waals surface area contributed by atoms with Gasteiger partial charge < -0.3 is 11.1 Å². The molecule has 0 unspecified atom stereocenters. The maximum atomic E-state index is 12.4. The van der Waals surface area contributed by atoms with E-state index in [0.717, 1.165) is 22.2 Å². The Kier molecular flexibility index (Phi) is 3.66. The maximum absolute atomic E-state index is 12.4. The van der Waals surface area contributed by atoms with Gasteiger partial charge in [-0.1, -0.05) is 18.2 Å². The number of carbonyl (C=O) groups excluding carboxylic acids is 1. The molecule has 1 aromatic heterocycles. The van der Waals surface area contributed by atoms with E-state index in [0.29, 0.717) is 18.5 Å². The van der Waals surface area contributed by atoms with Gasteiger partial charge in [0.25, 0.3) is 5.91 Å². The first-order chi connectivity index (χ1) is 10.3. The molecule has 2 aromatic carbocycles. The number of anilines is 1. The molecule has 0 atom stereocenters. The number of aromatic nitrogens is 2. The van der Waals surface area contributed by atoms with Crippen LogP contribution in [0.15, 0.2) is 48.7 Å². The normalized spacial score (nSPS) is 10.7. The Morgan fingerprint density at radius 2 is 2.10 bits per heavy atom. The van der Waals surface area contributed by atoms with Crippen LogP contribution in [0.2, 0.25) is 0 Å². The van der Waals surface area contributed by atoms with Crippen molar-refractivity contribution in [2.24, 2.45) is 5.73 Å². The Morgan fingerprint density at radius 1 is 1.24 bits per heavy atom. The van der Waals surface area contributed by atoms with Gasteiger partial charge in [-0.3, -0.25) is 9.89 Å². The molecule has 0 aliphatic carbocycles. The molecule has 1 amide bonds. The lowest BCUT2D eigenvalue weighted by atomic mass is 10.0. The Hall–Kier alpha value is -2.66. The zero-order valence-corrected chi connectivity index (χ0v) is 11.5. The molecule has 0 aliphatic heterocycles. The van der Waals surface area contributed by atoms with Gasteiger partial charge in [-0.2, -0.15) is 5.10 Å². The van der Waals surface area contributed by atoms with Crippen molar-refractivity contribution in [2.75, 3.05) is 11.9 Å². The minimum Gasteiger partial charge on any atom is -0.330 e. The molecule has 3 rings (SSSR count). The number of carbonyl (C=O) groups is 1.